The third-order valence-electron chi connectivity index (χ3n) is 2.09. The molecule has 0 amide bonds. The SMILES string of the molecule is CCOC(=O)C(Br)Cc1cccc(OC)c1. The molecule has 0 aromatic heterocycles. The maximum atomic E-state index is 11.4. The van der Waals surface area contributed by atoms with Crippen molar-refractivity contribution < 1.29 is 14.3 Å². The van der Waals surface area contributed by atoms with Gasteiger partial charge in [0.15, 0.2) is 0 Å². The maximum Gasteiger partial charge on any atom is 0.320 e. The Bertz CT molecular complexity index is 352. The van der Waals surface area contributed by atoms with Crippen molar-refractivity contribution in [3.8, 4) is 5.75 Å². The number of hydrogen-bond donors (Lipinski definition) is 0. The van der Waals surface area contributed by atoms with Crippen molar-refractivity contribution in [1.29, 1.82) is 0 Å². The van der Waals surface area contributed by atoms with Gasteiger partial charge in [0.25, 0.3) is 0 Å². The van der Waals surface area contributed by atoms with Crippen LogP contribution in [-0.4, -0.2) is 24.5 Å². The highest BCUT2D eigenvalue weighted by Gasteiger charge is 2.16. The van der Waals surface area contributed by atoms with Crippen LogP contribution in [0.5, 0.6) is 5.75 Å². The molecule has 1 unspecified atom stereocenters. The van der Waals surface area contributed by atoms with Crippen molar-refractivity contribution in [2.75, 3.05) is 13.7 Å². The zero-order valence-electron chi connectivity index (χ0n) is 9.40. The van der Waals surface area contributed by atoms with Gasteiger partial charge in [0.1, 0.15) is 10.6 Å². The molecule has 0 aliphatic rings. The first-order chi connectivity index (χ1) is 7.67. The molecule has 88 valence electrons. The maximum absolute atomic E-state index is 11.4. The van der Waals surface area contributed by atoms with Crippen LogP contribution in [0.15, 0.2) is 24.3 Å². The highest BCUT2D eigenvalue weighted by molar-refractivity contribution is 9.10. The van der Waals surface area contributed by atoms with E-state index in [0.717, 1.165) is 11.3 Å². The lowest BCUT2D eigenvalue weighted by atomic mass is 10.1. The first kappa shape index (κ1) is 13.0. The molecule has 0 aliphatic heterocycles. The number of alkyl halides is 1. The molecule has 0 aliphatic carbocycles. The Balaban J connectivity index is 2.61. The number of carbonyl (C=O) groups is 1. The van der Waals surface area contributed by atoms with Gasteiger partial charge in [0.05, 0.1) is 13.7 Å². The molecule has 0 spiro atoms. The van der Waals surface area contributed by atoms with Gasteiger partial charge in [-0.25, -0.2) is 0 Å². The molecule has 0 bridgehead atoms. The lowest BCUT2D eigenvalue weighted by Gasteiger charge is -2.09. The topological polar surface area (TPSA) is 35.5 Å². The summed E-state index contributed by atoms with van der Waals surface area (Å²) in [6.07, 6.45) is 0.593. The molecule has 1 aromatic carbocycles. The molecule has 16 heavy (non-hydrogen) atoms. The Morgan fingerprint density at radius 2 is 2.25 bits per heavy atom. The minimum absolute atomic E-state index is 0.231. The summed E-state index contributed by atoms with van der Waals surface area (Å²) in [4.78, 5) is 11.1. The molecule has 0 N–H and O–H groups in total. The van der Waals surface area contributed by atoms with Crippen LogP contribution in [0.3, 0.4) is 0 Å². The molecule has 1 atom stereocenters. The number of rotatable bonds is 5. The van der Waals surface area contributed by atoms with Gasteiger partial charge >= 0.3 is 5.97 Å². The Labute approximate surface area is 104 Å². The highest BCUT2D eigenvalue weighted by atomic mass is 79.9. The van der Waals surface area contributed by atoms with Crippen LogP contribution in [0.25, 0.3) is 0 Å². The molecule has 4 heteroatoms. The molecule has 0 heterocycles. The number of carbonyl (C=O) groups excluding carboxylic acids is 1. The standard InChI is InChI=1S/C12H15BrO3/c1-3-16-12(14)11(13)8-9-5-4-6-10(7-9)15-2/h4-7,11H,3,8H2,1-2H3. The largest absolute Gasteiger partial charge is 0.497 e. The van der Waals surface area contributed by atoms with Crippen LogP contribution in [0.1, 0.15) is 12.5 Å². The third kappa shape index (κ3) is 3.85. The van der Waals surface area contributed by atoms with Crippen LogP contribution in [-0.2, 0) is 16.0 Å². The Kier molecular flexibility index (Phi) is 5.32. The van der Waals surface area contributed by atoms with Crippen molar-refractivity contribution in [2.45, 2.75) is 18.2 Å². The van der Waals surface area contributed by atoms with E-state index in [1.165, 1.54) is 0 Å². The van der Waals surface area contributed by atoms with Crippen molar-refractivity contribution in [2.24, 2.45) is 0 Å². The highest BCUT2D eigenvalue weighted by Crippen LogP contribution is 2.17. The normalized spacial score (nSPS) is 11.9. The predicted octanol–water partition coefficient (Wildman–Crippen LogP) is 2.56. The fourth-order valence-electron chi connectivity index (χ4n) is 1.32. The Morgan fingerprint density at radius 1 is 1.50 bits per heavy atom. The van der Waals surface area contributed by atoms with Gasteiger partial charge < -0.3 is 9.47 Å². The number of halogens is 1. The Morgan fingerprint density at radius 3 is 2.88 bits per heavy atom. The molecule has 0 saturated heterocycles. The second-order valence-electron chi connectivity index (χ2n) is 3.28. The zero-order chi connectivity index (χ0) is 12.0. The summed E-state index contributed by atoms with van der Waals surface area (Å²) in [7, 11) is 1.62. The lowest BCUT2D eigenvalue weighted by Crippen LogP contribution is -2.19. The van der Waals surface area contributed by atoms with Crippen LogP contribution in [0.2, 0.25) is 0 Å². The predicted molar refractivity (Wildman–Crippen MR) is 66.0 cm³/mol. The average molecular weight is 287 g/mol. The van der Waals surface area contributed by atoms with Gasteiger partial charge in [0, 0.05) is 0 Å². The van der Waals surface area contributed by atoms with Crippen molar-refractivity contribution >= 4 is 21.9 Å². The summed E-state index contributed by atoms with van der Waals surface area (Å²) in [5.74, 6) is 0.561. The van der Waals surface area contributed by atoms with E-state index in [4.69, 9.17) is 9.47 Å². The van der Waals surface area contributed by atoms with E-state index >= 15 is 0 Å². The van der Waals surface area contributed by atoms with E-state index in [1.807, 2.05) is 24.3 Å². The molecule has 0 fully saturated rings. The molecular weight excluding hydrogens is 272 g/mol. The molecule has 3 nitrogen and oxygen atoms in total. The van der Waals surface area contributed by atoms with Crippen molar-refractivity contribution in [3.05, 3.63) is 29.8 Å². The minimum atomic E-state index is -0.306. The van der Waals surface area contributed by atoms with Crippen LogP contribution in [0.4, 0.5) is 0 Å². The summed E-state index contributed by atoms with van der Waals surface area (Å²) < 4.78 is 10.0. The van der Waals surface area contributed by atoms with E-state index in [0.29, 0.717) is 13.0 Å². The average Bonchev–Trinajstić information content (AvgIpc) is 2.29. The lowest BCUT2D eigenvalue weighted by molar-refractivity contribution is -0.142. The summed E-state index contributed by atoms with van der Waals surface area (Å²) in [6, 6.07) is 7.64. The molecule has 1 rings (SSSR count). The molecule has 0 saturated carbocycles. The van der Waals surface area contributed by atoms with Gasteiger partial charge in [-0.05, 0) is 31.0 Å². The number of methoxy groups -OCH3 is 1. The van der Waals surface area contributed by atoms with Gasteiger partial charge in [0.2, 0.25) is 0 Å². The molecule has 1 aromatic rings. The second kappa shape index (κ2) is 6.53. The first-order valence-electron chi connectivity index (χ1n) is 5.11. The first-order valence-corrected chi connectivity index (χ1v) is 6.02. The molecular formula is C12H15BrO3. The minimum Gasteiger partial charge on any atom is -0.497 e. The van der Waals surface area contributed by atoms with E-state index in [2.05, 4.69) is 15.9 Å². The summed E-state index contributed by atoms with van der Waals surface area (Å²) in [5.41, 5.74) is 1.04. The zero-order valence-corrected chi connectivity index (χ0v) is 11.0. The van der Waals surface area contributed by atoms with Gasteiger partial charge in [-0.3, -0.25) is 4.79 Å². The van der Waals surface area contributed by atoms with Gasteiger partial charge in [-0.2, -0.15) is 0 Å². The quantitative estimate of drug-likeness (QED) is 0.617. The summed E-state index contributed by atoms with van der Waals surface area (Å²) in [5, 5.41) is 0. The van der Waals surface area contributed by atoms with E-state index < -0.39 is 0 Å². The summed E-state index contributed by atoms with van der Waals surface area (Å²) in [6.45, 7) is 2.20. The molecule has 0 radical (unpaired) electrons. The van der Waals surface area contributed by atoms with E-state index in [9.17, 15) is 4.79 Å². The van der Waals surface area contributed by atoms with Crippen molar-refractivity contribution in [3.63, 3.8) is 0 Å². The Hall–Kier alpha value is -1.03. The number of esters is 1. The number of benzene rings is 1. The van der Waals surface area contributed by atoms with E-state index in [-0.39, 0.29) is 10.8 Å². The number of hydrogen-bond acceptors (Lipinski definition) is 3. The van der Waals surface area contributed by atoms with Gasteiger partial charge in [-0.1, -0.05) is 28.1 Å². The van der Waals surface area contributed by atoms with Gasteiger partial charge in [-0.15, -0.1) is 0 Å². The number of ether oxygens (including phenoxy) is 2. The van der Waals surface area contributed by atoms with E-state index in [1.54, 1.807) is 14.0 Å². The second-order valence-corrected chi connectivity index (χ2v) is 4.38. The third-order valence-corrected chi connectivity index (χ3v) is 2.79. The van der Waals surface area contributed by atoms with Crippen LogP contribution in [0, 0.1) is 0 Å². The van der Waals surface area contributed by atoms with Crippen LogP contribution >= 0.6 is 15.9 Å². The summed E-state index contributed by atoms with van der Waals surface area (Å²) >= 11 is 3.31. The monoisotopic (exact) mass is 286 g/mol. The van der Waals surface area contributed by atoms with Crippen LogP contribution < -0.4 is 4.74 Å². The fraction of sp³-hybridized carbons (Fsp3) is 0.417. The van der Waals surface area contributed by atoms with Crippen molar-refractivity contribution in [1.82, 2.24) is 0 Å². The smallest absolute Gasteiger partial charge is 0.320 e. The fourth-order valence-corrected chi connectivity index (χ4v) is 1.83.